The molecule has 0 amide bonds. The predicted molar refractivity (Wildman–Crippen MR) is 75.5 cm³/mol. The van der Waals surface area contributed by atoms with Crippen molar-refractivity contribution in [3.8, 4) is 0 Å². The molecule has 1 unspecified atom stereocenters. The minimum Gasteiger partial charge on any atom is -0.388 e. The van der Waals surface area contributed by atoms with E-state index in [-0.39, 0.29) is 5.56 Å². The first kappa shape index (κ1) is 15.6. The summed E-state index contributed by atoms with van der Waals surface area (Å²) in [6.07, 6.45) is 3.23. The first-order valence-corrected chi connectivity index (χ1v) is 6.74. The van der Waals surface area contributed by atoms with E-state index in [9.17, 15) is 13.9 Å². The molecule has 1 heterocycles. The molecular weight excluding hydrogens is 276 g/mol. The lowest BCUT2D eigenvalue weighted by molar-refractivity contribution is 0.147. The van der Waals surface area contributed by atoms with Crippen LogP contribution in [0.1, 0.15) is 23.7 Å². The largest absolute Gasteiger partial charge is 0.388 e. The van der Waals surface area contributed by atoms with E-state index in [1.165, 1.54) is 0 Å². The molecule has 2 rings (SSSR count). The van der Waals surface area contributed by atoms with Gasteiger partial charge < -0.3 is 10.0 Å². The van der Waals surface area contributed by atoms with E-state index < -0.39 is 17.7 Å². The first-order valence-electron chi connectivity index (χ1n) is 6.74. The summed E-state index contributed by atoms with van der Waals surface area (Å²) in [7, 11) is 3.78. The van der Waals surface area contributed by atoms with E-state index in [1.807, 2.05) is 25.2 Å². The highest BCUT2D eigenvalue weighted by atomic mass is 19.1. The van der Waals surface area contributed by atoms with Crippen molar-refractivity contribution in [3.63, 3.8) is 0 Å². The summed E-state index contributed by atoms with van der Waals surface area (Å²) >= 11 is 0. The van der Waals surface area contributed by atoms with Gasteiger partial charge in [-0.3, -0.25) is 4.68 Å². The van der Waals surface area contributed by atoms with Crippen LogP contribution in [0, 0.1) is 11.6 Å². The number of aliphatic hydroxyl groups is 1. The van der Waals surface area contributed by atoms with E-state index in [0.29, 0.717) is 19.5 Å². The average Bonchev–Trinajstić information content (AvgIpc) is 2.80. The van der Waals surface area contributed by atoms with Crippen LogP contribution in [0.2, 0.25) is 0 Å². The van der Waals surface area contributed by atoms with Crippen molar-refractivity contribution in [2.45, 2.75) is 19.1 Å². The summed E-state index contributed by atoms with van der Waals surface area (Å²) in [6.45, 7) is 1.31. The number of nitrogens with zero attached hydrogens (tertiary/aromatic N) is 3. The van der Waals surface area contributed by atoms with Crippen molar-refractivity contribution in [3.05, 3.63) is 53.4 Å². The highest BCUT2D eigenvalue weighted by Gasteiger charge is 2.12. The van der Waals surface area contributed by atoms with Crippen molar-refractivity contribution in [2.24, 2.45) is 7.05 Å². The Hall–Kier alpha value is -1.79. The molecule has 4 nitrogen and oxygen atoms in total. The predicted octanol–water partition coefficient (Wildman–Crippen LogP) is 2.25. The van der Waals surface area contributed by atoms with Crippen LogP contribution in [-0.4, -0.2) is 33.4 Å². The van der Waals surface area contributed by atoms with Crippen molar-refractivity contribution in [2.75, 3.05) is 13.6 Å². The molecule has 1 aromatic heterocycles. The Morgan fingerprint density at radius 1 is 1.29 bits per heavy atom. The molecule has 1 atom stereocenters. The van der Waals surface area contributed by atoms with Crippen molar-refractivity contribution in [1.29, 1.82) is 0 Å². The van der Waals surface area contributed by atoms with Crippen LogP contribution < -0.4 is 0 Å². The van der Waals surface area contributed by atoms with Gasteiger partial charge in [0, 0.05) is 38.0 Å². The second-order valence-corrected chi connectivity index (χ2v) is 5.27. The van der Waals surface area contributed by atoms with Gasteiger partial charge in [0.1, 0.15) is 11.6 Å². The van der Waals surface area contributed by atoms with Gasteiger partial charge >= 0.3 is 0 Å². The molecule has 0 saturated carbocycles. The van der Waals surface area contributed by atoms with Gasteiger partial charge in [-0.25, -0.2) is 8.78 Å². The van der Waals surface area contributed by atoms with Gasteiger partial charge in [0.25, 0.3) is 0 Å². The molecule has 0 saturated heterocycles. The summed E-state index contributed by atoms with van der Waals surface area (Å²) < 4.78 is 27.9. The Labute approximate surface area is 122 Å². The number of halogens is 2. The zero-order valence-electron chi connectivity index (χ0n) is 12.1. The summed E-state index contributed by atoms with van der Waals surface area (Å²) in [5.41, 5.74) is 1.34. The maximum absolute atomic E-state index is 13.1. The van der Waals surface area contributed by atoms with Crippen LogP contribution in [0.25, 0.3) is 0 Å². The number of hydrogen-bond acceptors (Lipinski definition) is 3. The summed E-state index contributed by atoms with van der Waals surface area (Å²) in [5.74, 6) is -1.35. The van der Waals surface area contributed by atoms with E-state index in [0.717, 1.165) is 23.8 Å². The molecule has 2 aromatic rings. The quantitative estimate of drug-likeness (QED) is 0.888. The van der Waals surface area contributed by atoms with Gasteiger partial charge in [-0.15, -0.1) is 0 Å². The zero-order valence-corrected chi connectivity index (χ0v) is 12.1. The SMILES string of the molecule is CN(CCC(O)c1cc(F)cc(F)c1)Cc1cnn(C)c1. The van der Waals surface area contributed by atoms with Gasteiger partial charge in [0.05, 0.1) is 12.3 Å². The molecule has 0 aliphatic heterocycles. The molecule has 1 aromatic carbocycles. The number of benzene rings is 1. The molecule has 0 aliphatic rings. The molecular formula is C15H19F2N3O. The Kier molecular flexibility index (Phi) is 5.03. The Bertz CT molecular complexity index is 580. The van der Waals surface area contributed by atoms with Crippen LogP contribution in [-0.2, 0) is 13.6 Å². The monoisotopic (exact) mass is 295 g/mol. The molecule has 0 fully saturated rings. The van der Waals surface area contributed by atoms with Crippen LogP contribution in [0.5, 0.6) is 0 Å². The van der Waals surface area contributed by atoms with E-state index in [1.54, 1.807) is 10.9 Å². The maximum Gasteiger partial charge on any atom is 0.126 e. The van der Waals surface area contributed by atoms with Gasteiger partial charge in [0.15, 0.2) is 0 Å². The second kappa shape index (κ2) is 6.78. The molecule has 0 aliphatic carbocycles. The van der Waals surface area contributed by atoms with Gasteiger partial charge in [-0.2, -0.15) is 5.10 Å². The minimum atomic E-state index is -0.883. The Balaban J connectivity index is 1.86. The summed E-state index contributed by atoms with van der Waals surface area (Å²) in [4.78, 5) is 2.02. The third-order valence-corrected chi connectivity index (χ3v) is 3.26. The smallest absolute Gasteiger partial charge is 0.126 e. The van der Waals surface area contributed by atoms with E-state index in [2.05, 4.69) is 5.10 Å². The van der Waals surface area contributed by atoms with Crippen LogP contribution in [0.3, 0.4) is 0 Å². The molecule has 0 radical (unpaired) electrons. The maximum atomic E-state index is 13.1. The Morgan fingerprint density at radius 2 is 1.95 bits per heavy atom. The standard InChI is InChI=1S/C15H19F2N3O/c1-19(9-11-8-18-20(2)10-11)4-3-15(21)12-5-13(16)7-14(17)6-12/h5-8,10,15,21H,3-4,9H2,1-2H3. The third-order valence-electron chi connectivity index (χ3n) is 3.26. The molecule has 114 valence electrons. The van der Waals surface area contributed by atoms with Gasteiger partial charge in [-0.1, -0.05) is 0 Å². The number of hydrogen-bond donors (Lipinski definition) is 1. The lowest BCUT2D eigenvalue weighted by atomic mass is 10.1. The lowest BCUT2D eigenvalue weighted by Gasteiger charge is -2.18. The zero-order chi connectivity index (χ0) is 15.4. The summed E-state index contributed by atoms with van der Waals surface area (Å²) in [5, 5.41) is 14.1. The van der Waals surface area contributed by atoms with Crippen molar-refractivity contribution in [1.82, 2.24) is 14.7 Å². The Morgan fingerprint density at radius 3 is 2.52 bits per heavy atom. The normalized spacial score (nSPS) is 12.9. The molecule has 1 N–H and O–H groups in total. The fourth-order valence-corrected chi connectivity index (χ4v) is 2.22. The van der Waals surface area contributed by atoms with E-state index in [4.69, 9.17) is 0 Å². The minimum absolute atomic E-state index is 0.266. The topological polar surface area (TPSA) is 41.3 Å². The van der Waals surface area contributed by atoms with Crippen LogP contribution in [0.4, 0.5) is 8.78 Å². The molecule has 6 heteroatoms. The number of aromatic nitrogens is 2. The van der Waals surface area contributed by atoms with Gasteiger partial charge in [0.2, 0.25) is 0 Å². The summed E-state index contributed by atoms with van der Waals surface area (Å²) in [6, 6.07) is 3.12. The number of rotatable bonds is 6. The molecule has 0 bridgehead atoms. The molecule has 0 spiro atoms. The highest BCUT2D eigenvalue weighted by molar-refractivity contribution is 5.20. The first-order chi connectivity index (χ1) is 9.94. The van der Waals surface area contributed by atoms with Crippen LogP contribution >= 0.6 is 0 Å². The average molecular weight is 295 g/mol. The third kappa shape index (κ3) is 4.61. The van der Waals surface area contributed by atoms with E-state index >= 15 is 0 Å². The van der Waals surface area contributed by atoms with Gasteiger partial charge in [-0.05, 0) is 31.2 Å². The molecule has 21 heavy (non-hydrogen) atoms. The van der Waals surface area contributed by atoms with Crippen molar-refractivity contribution >= 4 is 0 Å². The fourth-order valence-electron chi connectivity index (χ4n) is 2.22. The number of aliphatic hydroxyl groups excluding tert-OH is 1. The number of aryl methyl sites for hydroxylation is 1. The lowest BCUT2D eigenvalue weighted by Crippen LogP contribution is -2.20. The highest BCUT2D eigenvalue weighted by Crippen LogP contribution is 2.19. The van der Waals surface area contributed by atoms with Crippen LogP contribution in [0.15, 0.2) is 30.6 Å². The second-order valence-electron chi connectivity index (χ2n) is 5.27. The fraction of sp³-hybridized carbons (Fsp3) is 0.400. The van der Waals surface area contributed by atoms with Crippen molar-refractivity contribution < 1.29 is 13.9 Å².